The van der Waals surface area contributed by atoms with E-state index >= 15 is 0 Å². The highest BCUT2D eigenvalue weighted by Gasteiger charge is 2.58. The molecule has 4 aromatic heterocycles. The summed E-state index contributed by atoms with van der Waals surface area (Å²) in [6.45, 7) is 12.0. The average molecular weight is 803 g/mol. The van der Waals surface area contributed by atoms with E-state index in [2.05, 4.69) is 57.0 Å². The lowest BCUT2D eigenvalue weighted by Crippen LogP contribution is -2.58. The third kappa shape index (κ3) is 6.85. The van der Waals surface area contributed by atoms with E-state index in [4.69, 9.17) is 19.8 Å². The SMILES string of the molecule is Cc1c(Nc2nc3ccccc3s2)nnc2c1CCCN2c1ccc(-c2cnn(CC34CC5CCC3CCC(OCCN3CCN(C)CC3)(C5)C4)c2C)c(C(=O)O)n1. The lowest BCUT2D eigenvalue weighted by Gasteiger charge is -2.61. The standard InChI is InChI=1S/C44H54N10O3S/c1-28-32-7-6-16-53(40(32)50-49-39(28)48-42-46-35-8-4-5-9-36(35)58-42)37-13-12-33(38(47-37)41(55)56)34-25-45-54(29(34)2)27-43-23-30-10-11-31(43)14-15-44(24-30,26-43)57-22-21-52-19-17-51(3)18-20-52/h4-5,8-9,12-13,25,30-31H,6-7,10-11,14-24,26-27H2,1-3H3,(H,55,56)(H,46,48,49). The van der Waals surface area contributed by atoms with Crippen LogP contribution in [0.1, 0.15) is 78.7 Å². The summed E-state index contributed by atoms with van der Waals surface area (Å²) >= 11 is 1.58. The molecule has 10 rings (SSSR count). The molecule has 4 fully saturated rings. The first-order valence-corrected chi connectivity index (χ1v) is 22.1. The number of aromatic nitrogens is 6. The van der Waals surface area contributed by atoms with E-state index in [0.29, 0.717) is 41.4 Å². The number of nitrogens with zero attached hydrogens (tertiary/aromatic N) is 9. The molecule has 0 spiro atoms. The van der Waals surface area contributed by atoms with Gasteiger partial charge >= 0.3 is 5.97 Å². The minimum Gasteiger partial charge on any atom is -0.476 e. The number of pyridine rings is 1. The van der Waals surface area contributed by atoms with Gasteiger partial charge in [0.2, 0.25) is 0 Å². The van der Waals surface area contributed by atoms with Crippen molar-refractivity contribution in [1.29, 1.82) is 0 Å². The van der Waals surface area contributed by atoms with Crippen LogP contribution < -0.4 is 10.2 Å². The fourth-order valence-corrected chi connectivity index (χ4v) is 12.2. The molecule has 14 heteroatoms. The molecule has 13 nitrogen and oxygen atoms in total. The van der Waals surface area contributed by atoms with E-state index < -0.39 is 5.97 Å². The summed E-state index contributed by atoms with van der Waals surface area (Å²) in [4.78, 5) is 29.4. The zero-order chi connectivity index (χ0) is 39.6. The third-order valence-electron chi connectivity index (χ3n) is 14.3. The van der Waals surface area contributed by atoms with Crippen LogP contribution in [0.2, 0.25) is 0 Å². The normalized spacial score (nSPS) is 25.9. The maximum Gasteiger partial charge on any atom is 0.355 e. The van der Waals surface area contributed by atoms with E-state index in [0.717, 1.165) is 109 Å². The van der Waals surface area contributed by atoms with Crippen LogP contribution in [0.25, 0.3) is 21.3 Å². The number of fused-ring (bicyclic) bond motifs is 4. The van der Waals surface area contributed by atoms with Gasteiger partial charge in [-0.2, -0.15) is 5.10 Å². The van der Waals surface area contributed by atoms with Crippen molar-refractivity contribution in [2.45, 2.75) is 83.8 Å². The molecule has 58 heavy (non-hydrogen) atoms. The number of carboxylic acids is 1. The van der Waals surface area contributed by atoms with Crippen LogP contribution in [0, 0.1) is 31.1 Å². The van der Waals surface area contributed by atoms with Gasteiger partial charge in [-0.05, 0) is 114 Å². The van der Waals surface area contributed by atoms with Crippen molar-refractivity contribution in [3.05, 3.63) is 65.1 Å². The topological polar surface area (TPSA) is 138 Å². The van der Waals surface area contributed by atoms with Gasteiger partial charge in [0.1, 0.15) is 5.82 Å². The Labute approximate surface area is 343 Å². The number of piperazine rings is 1. The van der Waals surface area contributed by atoms with Crippen LogP contribution in [-0.4, -0.2) is 109 Å². The number of thiazole rings is 1. The first kappa shape index (κ1) is 37.7. The Morgan fingerprint density at radius 1 is 1.00 bits per heavy atom. The fraction of sp³-hybridized carbons (Fsp3) is 0.545. The van der Waals surface area contributed by atoms with E-state index in [1.807, 2.05) is 41.4 Å². The molecular formula is C44H54N10O3S. The number of nitrogens with one attached hydrogen (secondary N) is 1. The van der Waals surface area contributed by atoms with Gasteiger partial charge in [0.05, 0.1) is 28.6 Å². The van der Waals surface area contributed by atoms with Crippen molar-refractivity contribution < 1.29 is 14.6 Å². The highest BCUT2D eigenvalue weighted by atomic mass is 32.1. The van der Waals surface area contributed by atoms with E-state index in [1.165, 1.54) is 32.1 Å². The highest BCUT2D eigenvalue weighted by molar-refractivity contribution is 7.22. The Morgan fingerprint density at radius 3 is 2.71 bits per heavy atom. The summed E-state index contributed by atoms with van der Waals surface area (Å²) in [6.07, 6.45) is 12.0. The molecule has 2 N–H and O–H groups in total. The van der Waals surface area contributed by atoms with Crippen LogP contribution in [0.3, 0.4) is 0 Å². The number of ether oxygens (including phenoxy) is 1. The summed E-state index contributed by atoms with van der Waals surface area (Å²) in [5, 5.41) is 29.0. The summed E-state index contributed by atoms with van der Waals surface area (Å²) in [5.74, 6) is 2.24. The first-order chi connectivity index (χ1) is 28.2. The second kappa shape index (κ2) is 15.0. The summed E-state index contributed by atoms with van der Waals surface area (Å²) < 4.78 is 10.3. The molecule has 6 heterocycles. The summed E-state index contributed by atoms with van der Waals surface area (Å²) in [6, 6.07) is 11.9. The summed E-state index contributed by atoms with van der Waals surface area (Å²) in [7, 11) is 2.21. The van der Waals surface area contributed by atoms with Gasteiger partial charge in [0.15, 0.2) is 22.5 Å². The highest BCUT2D eigenvalue weighted by Crippen LogP contribution is 2.63. The Hall–Kier alpha value is -4.50. The lowest BCUT2D eigenvalue weighted by atomic mass is 9.48. The van der Waals surface area contributed by atoms with Crippen molar-refractivity contribution in [2.75, 3.05) is 63.1 Å². The number of hydrogen-bond acceptors (Lipinski definition) is 12. The summed E-state index contributed by atoms with van der Waals surface area (Å²) in [5.41, 5.74) is 5.53. The molecule has 5 aromatic rings. The van der Waals surface area contributed by atoms with E-state index in [1.54, 1.807) is 11.3 Å². The van der Waals surface area contributed by atoms with Crippen molar-refractivity contribution in [3.63, 3.8) is 0 Å². The number of aromatic carboxylic acids is 1. The predicted molar refractivity (Wildman–Crippen MR) is 227 cm³/mol. The molecule has 1 aromatic carbocycles. The largest absolute Gasteiger partial charge is 0.476 e. The number of benzene rings is 1. The zero-order valence-corrected chi connectivity index (χ0v) is 34.7. The number of carboxylic acid groups (broad SMARTS) is 1. The van der Waals surface area contributed by atoms with Gasteiger partial charge in [-0.1, -0.05) is 29.9 Å². The van der Waals surface area contributed by atoms with Crippen LogP contribution in [0.4, 0.5) is 22.6 Å². The quantitative estimate of drug-likeness (QED) is 0.137. The smallest absolute Gasteiger partial charge is 0.355 e. The van der Waals surface area contributed by atoms with Gasteiger partial charge in [0, 0.05) is 73.8 Å². The van der Waals surface area contributed by atoms with Crippen LogP contribution in [-0.2, 0) is 17.7 Å². The van der Waals surface area contributed by atoms with Crippen molar-refractivity contribution in [3.8, 4) is 11.1 Å². The second-order valence-corrected chi connectivity index (χ2v) is 18.8. The molecule has 0 amide bonds. The maximum absolute atomic E-state index is 12.9. The molecule has 2 aliphatic heterocycles. The fourth-order valence-electron chi connectivity index (χ4n) is 11.3. The van der Waals surface area contributed by atoms with E-state index in [9.17, 15) is 9.90 Å². The van der Waals surface area contributed by atoms with E-state index in [-0.39, 0.29) is 16.7 Å². The first-order valence-electron chi connectivity index (χ1n) is 21.2. The molecule has 3 aliphatic carbocycles. The third-order valence-corrected chi connectivity index (χ3v) is 15.3. The lowest BCUT2D eigenvalue weighted by molar-refractivity contribution is -0.191. The molecule has 3 bridgehead atoms. The molecule has 0 radical (unpaired) electrons. The molecule has 1 saturated heterocycles. The number of likely N-dealkylation sites (N-methyl/N-ethyl adjacent to an activating group) is 1. The minimum atomic E-state index is -1.06. The van der Waals surface area contributed by atoms with Crippen molar-refractivity contribution in [2.24, 2.45) is 17.3 Å². The predicted octanol–water partition coefficient (Wildman–Crippen LogP) is 7.48. The Bertz CT molecular complexity index is 2320. The molecule has 5 aliphatic rings. The Balaban J connectivity index is 0.883. The van der Waals surface area contributed by atoms with Gasteiger partial charge in [-0.25, -0.2) is 14.8 Å². The molecule has 304 valence electrons. The number of rotatable bonds is 11. The average Bonchev–Trinajstić information content (AvgIpc) is 3.80. The zero-order valence-electron chi connectivity index (χ0n) is 33.9. The van der Waals surface area contributed by atoms with Crippen molar-refractivity contribution in [1.82, 2.24) is 39.7 Å². The van der Waals surface area contributed by atoms with Gasteiger partial charge < -0.3 is 25.0 Å². The van der Waals surface area contributed by atoms with Crippen LogP contribution in [0.15, 0.2) is 42.6 Å². The number of para-hydroxylation sites is 1. The van der Waals surface area contributed by atoms with Crippen LogP contribution >= 0.6 is 11.3 Å². The van der Waals surface area contributed by atoms with Gasteiger partial charge in [0.25, 0.3) is 0 Å². The second-order valence-electron chi connectivity index (χ2n) is 17.8. The monoisotopic (exact) mass is 802 g/mol. The Kier molecular flexibility index (Phi) is 9.73. The van der Waals surface area contributed by atoms with Gasteiger partial charge in [-0.15, -0.1) is 10.2 Å². The number of hydrogen-bond donors (Lipinski definition) is 2. The minimum absolute atomic E-state index is 0.0198. The molecular weight excluding hydrogens is 749 g/mol. The van der Waals surface area contributed by atoms with Crippen molar-refractivity contribution >= 4 is 50.1 Å². The number of anilines is 4. The van der Waals surface area contributed by atoms with Crippen LogP contribution in [0.5, 0.6) is 0 Å². The molecule has 4 unspecified atom stereocenters. The Morgan fingerprint density at radius 2 is 1.86 bits per heavy atom. The maximum atomic E-state index is 12.9. The number of carbonyl (C=O) groups is 1. The van der Waals surface area contributed by atoms with Gasteiger partial charge in [-0.3, -0.25) is 9.58 Å². The molecule has 4 atom stereocenters. The molecule has 3 saturated carbocycles.